The standard InChI is InChI=1S/C18H22N4O3/c1-2-24-18(23)13-8-10-22(11-9-13)16-15(19)17(21-12-20-16)25-14-6-4-3-5-7-14/h3-7,12-13H,2,8-11,19H2,1H3. The topological polar surface area (TPSA) is 90.6 Å². The van der Waals surface area contributed by atoms with Crippen molar-refractivity contribution in [3.63, 3.8) is 0 Å². The molecule has 1 aromatic heterocycles. The molecule has 2 aromatic rings. The van der Waals surface area contributed by atoms with Gasteiger partial charge in [-0.15, -0.1) is 0 Å². The second-order valence-corrected chi connectivity index (χ2v) is 5.84. The normalized spacial score (nSPS) is 15.0. The highest BCUT2D eigenvalue weighted by Gasteiger charge is 2.28. The Balaban J connectivity index is 1.69. The number of carbonyl (C=O) groups excluding carboxylic acids is 1. The van der Waals surface area contributed by atoms with Crippen LogP contribution in [0.25, 0.3) is 0 Å². The van der Waals surface area contributed by atoms with Crippen LogP contribution in [0.3, 0.4) is 0 Å². The highest BCUT2D eigenvalue weighted by atomic mass is 16.5. The molecule has 2 heterocycles. The average Bonchev–Trinajstić information content (AvgIpc) is 2.65. The summed E-state index contributed by atoms with van der Waals surface area (Å²) in [5.74, 6) is 1.47. The van der Waals surface area contributed by atoms with Gasteiger partial charge in [0.15, 0.2) is 5.82 Å². The number of rotatable bonds is 5. The molecular formula is C18H22N4O3. The first-order chi connectivity index (χ1) is 12.2. The maximum atomic E-state index is 11.9. The number of carbonyl (C=O) groups is 1. The van der Waals surface area contributed by atoms with E-state index in [1.165, 1.54) is 6.33 Å². The van der Waals surface area contributed by atoms with Crippen molar-refractivity contribution in [3.8, 4) is 11.6 Å². The number of nitrogen functional groups attached to an aromatic ring is 1. The summed E-state index contributed by atoms with van der Waals surface area (Å²) in [6.07, 6.45) is 2.88. The van der Waals surface area contributed by atoms with Crippen LogP contribution in [0.4, 0.5) is 11.5 Å². The molecule has 1 fully saturated rings. The second kappa shape index (κ2) is 7.83. The number of piperidine rings is 1. The van der Waals surface area contributed by atoms with Crippen LogP contribution in [0.5, 0.6) is 11.6 Å². The van der Waals surface area contributed by atoms with Gasteiger partial charge in [-0.25, -0.2) is 4.98 Å². The Morgan fingerprint density at radius 1 is 1.24 bits per heavy atom. The number of aromatic nitrogens is 2. The molecule has 3 rings (SSSR count). The molecule has 0 saturated carbocycles. The first-order valence-electron chi connectivity index (χ1n) is 8.44. The Labute approximate surface area is 146 Å². The lowest BCUT2D eigenvalue weighted by atomic mass is 9.97. The first-order valence-corrected chi connectivity index (χ1v) is 8.44. The number of esters is 1. The third-order valence-electron chi connectivity index (χ3n) is 4.20. The summed E-state index contributed by atoms with van der Waals surface area (Å²) in [5, 5.41) is 0. The third-order valence-corrected chi connectivity index (χ3v) is 4.20. The molecule has 0 unspecified atom stereocenters. The maximum Gasteiger partial charge on any atom is 0.309 e. The summed E-state index contributed by atoms with van der Waals surface area (Å²) in [4.78, 5) is 22.4. The SMILES string of the molecule is CCOC(=O)C1CCN(c2ncnc(Oc3ccccc3)c2N)CC1. The minimum Gasteiger partial charge on any atom is -0.466 e. The van der Waals surface area contributed by atoms with Crippen molar-refractivity contribution in [1.29, 1.82) is 0 Å². The Morgan fingerprint density at radius 2 is 1.96 bits per heavy atom. The number of hydrogen-bond donors (Lipinski definition) is 1. The maximum absolute atomic E-state index is 11.9. The van der Waals surface area contributed by atoms with E-state index < -0.39 is 0 Å². The smallest absolute Gasteiger partial charge is 0.309 e. The van der Waals surface area contributed by atoms with Crippen LogP contribution in [0, 0.1) is 5.92 Å². The van der Waals surface area contributed by atoms with Gasteiger partial charge in [0.2, 0.25) is 5.88 Å². The predicted molar refractivity (Wildman–Crippen MR) is 94.5 cm³/mol. The molecule has 25 heavy (non-hydrogen) atoms. The van der Waals surface area contributed by atoms with Crippen LogP contribution >= 0.6 is 0 Å². The van der Waals surface area contributed by atoms with Gasteiger partial charge >= 0.3 is 5.97 Å². The van der Waals surface area contributed by atoms with Crippen LogP contribution in [0.1, 0.15) is 19.8 Å². The summed E-state index contributed by atoms with van der Waals surface area (Å²) < 4.78 is 10.9. The van der Waals surface area contributed by atoms with E-state index in [1.807, 2.05) is 37.3 Å². The van der Waals surface area contributed by atoms with Crippen molar-refractivity contribution >= 4 is 17.5 Å². The number of ether oxygens (including phenoxy) is 2. The monoisotopic (exact) mass is 342 g/mol. The summed E-state index contributed by atoms with van der Waals surface area (Å²) in [6, 6.07) is 9.36. The number of nitrogens with zero attached hydrogens (tertiary/aromatic N) is 3. The van der Waals surface area contributed by atoms with Crippen LogP contribution in [-0.4, -0.2) is 35.6 Å². The van der Waals surface area contributed by atoms with Crippen molar-refractivity contribution in [2.45, 2.75) is 19.8 Å². The molecule has 0 spiro atoms. The largest absolute Gasteiger partial charge is 0.466 e. The predicted octanol–water partition coefficient (Wildman–Crippen LogP) is 2.63. The van der Waals surface area contributed by atoms with Gasteiger partial charge in [-0.05, 0) is 31.9 Å². The lowest BCUT2D eigenvalue weighted by Crippen LogP contribution is -2.37. The molecule has 0 bridgehead atoms. The molecule has 0 radical (unpaired) electrons. The summed E-state index contributed by atoms with van der Waals surface area (Å²) in [5.41, 5.74) is 6.62. The highest BCUT2D eigenvalue weighted by Crippen LogP contribution is 2.33. The van der Waals surface area contributed by atoms with Gasteiger partial charge < -0.3 is 20.1 Å². The Hall–Kier alpha value is -2.83. The Morgan fingerprint density at radius 3 is 2.64 bits per heavy atom. The molecule has 1 saturated heterocycles. The van der Waals surface area contributed by atoms with Gasteiger partial charge in [-0.1, -0.05) is 18.2 Å². The minimum absolute atomic E-state index is 0.0562. The fourth-order valence-corrected chi connectivity index (χ4v) is 2.89. The molecule has 1 aliphatic heterocycles. The van der Waals surface area contributed by atoms with Crippen molar-refractivity contribution in [3.05, 3.63) is 36.7 Å². The van der Waals surface area contributed by atoms with Gasteiger partial charge in [0.25, 0.3) is 0 Å². The third kappa shape index (κ3) is 3.99. The fraction of sp³-hybridized carbons (Fsp3) is 0.389. The van der Waals surface area contributed by atoms with E-state index in [0.29, 0.717) is 42.8 Å². The number of para-hydroxylation sites is 1. The first kappa shape index (κ1) is 17.0. The molecule has 7 nitrogen and oxygen atoms in total. The molecule has 0 amide bonds. The minimum atomic E-state index is -0.120. The summed E-state index contributed by atoms with van der Waals surface area (Å²) in [6.45, 7) is 3.62. The van der Waals surface area contributed by atoms with Crippen LogP contribution in [0.2, 0.25) is 0 Å². The van der Waals surface area contributed by atoms with E-state index in [0.717, 1.165) is 12.8 Å². The van der Waals surface area contributed by atoms with E-state index in [9.17, 15) is 4.79 Å². The Kier molecular flexibility index (Phi) is 5.33. The molecular weight excluding hydrogens is 320 g/mol. The van der Waals surface area contributed by atoms with Gasteiger partial charge in [0.1, 0.15) is 17.8 Å². The summed E-state index contributed by atoms with van der Waals surface area (Å²) in [7, 11) is 0. The molecule has 1 aliphatic rings. The molecule has 2 N–H and O–H groups in total. The quantitative estimate of drug-likeness (QED) is 0.835. The molecule has 7 heteroatoms. The van der Waals surface area contributed by atoms with E-state index in [2.05, 4.69) is 14.9 Å². The van der Waals surface area contributed by atoms with Crippen LogP contribution in [0.15, 0.2) is 36.7 Å². The lowest BCUT2D eigenvalue weighted by molar-refractivity contribution is -0.148. The van der Waals surface area contributed by atoms with E-state index >= 15 is 0 Å². The number of anilines is 2. The van der Waals surface area contributed by atoms with Crippen molar-refractivity contribution < 1.29 is 14.3 Å². The molecule has 1 aromatic carbocycles. The number of hydrogen-bond acceptors (Lipinski definition) is 7. The van der Waals surface area contributed by atoms with Crippen molar-refractivity contribution in [2.75, 3.05) is 30.3 Å². The van der Waals surface area contributed by atoms with Crippen molar-refractivity contribution in [2.24, 2.45) is 5.92 Å². The molecule has 0 aliphatic carbocycles. The Bertz CT molecular complexity index is 716. The highest BCUT2D eigenvalue weighted by molar-refractivity contribution is 5.73. The lowest BCUT2D eigenvalue weighted by Gasteiger charge is -2.32. The number of benzene rings is 1. The van der Waals surface area contributed by atoms with Gasteiger partial charge in [-0.2, -0.15) is 4.98 Å². The van der Waals surface area contributed by atoms with E-state index in [1.54, 1.807) is 0 Å². The average molecular weight is 342 g/mol. The zero-order valence-electron chi connectivity index (χ0n) is 14.2. The zero-order valence-corrected chi connectivity index (χ0v) is 14.2. The van der Waals surface area contributed by atoms with Gasteiger partial charge in [0, 0.05) is 13.1 Å². The van der Waals surface area contributed by atoms with E-state index in [4.69, 9.17) is 15.2 Å². The van der Waals surface area contributed by atoms with Gasteiger partial charge in [-0.3, -0.25) is 4.79 Å². The second-order valence-electron chi connectivity index (χ2n) is 5.84. The summed E-state index contributed by atoms with van der Waals surface area (Å²) >= 11 is 0. The zero-order chi connectivity index (χ0) is 17.6. The van der Waals surface area contributed by atoms with E-state index in [-0.39, 0.29) is 11.9 Å². The van der Waals surface area contributed by atoms with Crippen LogP contribution in [-0.2, 0) is 9.53 Å². The van der Waals surface area contributed by atoms with Crippen molar-refractivity contribution in [1.82, 2.24) is 9.97 Å². The van der Waals surface area contributed by atoms with Gasteiger partial charge in [0.05, 0.1) is 12.5 Å². The number of nitrogens with two attached hydrogens (primary N) is 1. The fourth-order valence-electron chi connectivity index (χ4n) is 2.89. The molecule has 0 atom stereocenters. The molecule has 132 valence electrons. The van der Waals surface area contributed by atoms with Crippen LogP contribution < -0.4 is 15.4 Å².